The highest BCUT2D eigenvalue weighted by Gasteiger charge is 2.27. The molecule has 20 heavy (non-hydrogen) atoms. The van der Waals surface area contributed by atoms with Gasteiger partial charge in [-0.2, -0.15) is 4.98 Å². The van der Waals surface area contributed by atoms with E-state index in [2.05, 4.69) is 34.4 Å². The van der Waals surface area contributed by atoms with Gasteiger partial charge in [-0.15, -0.1) is 0 Å². The van der Waals surface area contributed by atoms with Crippen LogP contribution in [0.5, 0.6) is 0 Å². The van der Waals surface area contributed by atoms with Gasteiger partial charge in [-0.05, 0) is 43.7 Å². The molecule has 2 N–H and O–H groups in total. The van der Waals surface area contributed by atoms with Crippen LogP contribution in [0.2, 0.25) is 0 Å². The van der Waals surface area contributed by atoms with E-state index in [0.717, 1.165) is 43.8 Å². The Morgan fingerprint density at radius 2 is 2.25 bits per heavy atom. The Kier molecular flexibility index (Phi) is 3.83. The van der Waals surface area contributed by atoms with Gasteiger partial charge in [-0.25, -0.2) is 0 Å². The summed E-state index contributed by atoms with van der Waals surface area (Å²) in [6.45, 7) is 2.02. The van der Waals surface area contributed by atoms with Crippen molar-refractivity contribution in [2.75, 3.05) is 0 Å². The topological polar surface area (TPSA) is 64.9 Å². The van der Waals surface area contributed by atoms with Gasteiger partial charge in [0.05, 0.1) is 0 Å². The van der Waals surface area contributed by atoms with Crippen molar-refractivity contribution in [1.29, 1.82) is 0 Å². The van der Waals surface area contributed by atoms with E-state index in [-0.39, 0.29) is 6.04 Å². The highest BCUT2D eigenvalue weighted by Crippen LogP contribution is 2.36. The fraction of sp³-hybridized carbons (Fsp3) is 0.500. The van der Waals surface area contributed by atoms with E-state index in [0.29, 0.717) is 5.92 Å². The normalized spacial score (nSPS) is 19.0. The van der Waals surface area contributed by atoms with E-state index in [1.54, 1.807) is 0 Å². The first kappa shape index (κ1) is 13.3. The predicted molar refractivity (Wildman–Crippen MR) is 77.5 cm³/mol. The summed E-state index contributed by atoms with van der Waals surface area (Å²) in [5, 5.41) is 4.18. The Morgan fingerprint density at radius 1 is 1.40 bits per heavy atom. The third kappa shape index (κ3) is 2.75. The minimum Gasteiger partial charge on any atom is -0.339 e. The summed E-state index contributed by atoms with van der Waals surface area (Å²) in [6, 6.07) is 8.79. The molecule has 1 aromatic heterocycles. The second-order valence-corrected chi connectivity index (χ2v) is 5.71. The molecule has 0 aliphatic heterocycles. The molecule has 1 heterocycles. The summed E-state index contributed by atoms with van der Waals surface area (Å²) in [7, 11) is 0. The lowest BCUT2D eigenvalue weighted by molar-refractivity contribution is 0.366. The summed E-state index contributed by atoms with van der Waals surface area (Å²) >= 11 is 0. The van der Waals surface area contributed by atoms with Gasteiger partial charge >= 0.3 is 0 Å². The van der Waals surface area contributed by atoms with E-state index in [1.165, 1.54) is 11.1 Å². The second-order valence-electron chi connectivity index (χ2n) is 5.71. The maximum absolute atomic E-state index is 5.75. The van der Waals surface area contributed by atoms with Gasteiger partial charge in [0, 0.05) is 18.4 Å². The molecule has 0 bridgehead atoms. The molecule has 2 aromatic rings. The zero-order valence-electron chi connectivity index (χ0n) is 11.9. The van der Waals surface area contributed by atoms with E-state index in [4.69, 9.17) is 10.3 Å². The Labute approximate surface area is 119 Å². The monoisotopic (exact) mass is 271 g/mol. The van der Waals surface area contributed by atoms with Gasteiger partial charge in [-0.3, -0.25) is 0 Å². The highest BCUT2D eigenvalue weighted by atomic mass is 16.5. The molecule has 2 unspecified atom stereocenters. The molecule has 0 amide bonds. The number of rotatable bonds is 5. The minimum atomic E-state index is 0.235. The van der Waals surface area contributed by atoms with Gasteiger partial charge in [0.25, 0.3) is 0 Å². The van der Waals surface area contributed by atoms with Crippen LogP contribution < -0.4 is 5.73 Å². The molecule has 106 valence electrons. The van der Waals surface area contributed by atoms with Crippen LogP contribution in [0.25, 0.3) is 0 Å². The molecule has 1 aliphatic rings. The number of hydrogen-bond donors (Lipinski definition) is 1. The Balaban J connectivity index is 1.69. The van der Waals surface area contributed by atoms with Crippen molar-refractivity contribution < 1.29 is 4.52 Å². The zero-order chi connectivity index (χ0) is 13.9. The van der Waals surface area contributed by atoms with Crippen LogP contribution in [0.3, 0.4) is 0 Å². The van der Waals surface area contributed by atoms with Crippen LogP contribution in [0.4, 0.5) is 0 Å². The molecular formula is C16H21N3O. The molecule has 0 spiro atoms. The average Bonchev–Trinajstić information content (AvgIpc) is 3.04. The van der Waals surface area contributed by atoms with Crippen LogP contribution in [0.1, 0.15) is 54.9 Å². The third-order valence-electron chi connectivity index (χ3n) is 3.98. The SMILES string of the molecule is CC(N)CCCc1nc(C2CCc3ccccc32)no1. The molecule has 0 fully saturated rings. The van der Waals surface area contributed by atoms with Crippen LogP contribution in [-0.4, -0.2) is 16.2 Å². The molecule has 1 aromatic carbocycles. The molecular weight excluding hydrogens is 250 g/mol. The Morgan fingerprint density at radius 3 is 3.10 bits per heavy atom. The number of fused-ring (bicyclic) bond motifs is 1. The van der Waals surface area contributed by atoms with E-state index >= 15 is 0 Å². The number of hydrogen-bond acceptors (Lipinski definition) is 4. The minimum absolute atomic E-state index is 0.235. The van der Waals surface area contributed by atoms with Crippen molar-refractivity contribution in [1.82, 2.24) is 10.1 Å². The van der Waals surface area contributed by atoms with E-state index in [9.17, 15) is 0 Å². The first-order valence-corrected chi connectivity index (χ1v) is 7.40. The summed E-state index contributed by atoms with van der Waals surface area (Å²) in [4.78, 5) is 4.57. The molecule has 0 radical (unpaired) electrons. The quantitative estimate of drug-likeness (QED) is 0.908. The lowest BCUT2D eigenvalue weighted by atomic mass is 10.0. The van der Waals surface area contributed by atoms with Crippen molar-refractivity contribution in [3.63, 3.8) is 0 Å². The molecule has 0 saturated heterocycles. The van der Waals surface area contributed by atoms with Crippen molar-refractivity contribution in [2.45, 2.75) is 51.0 Å². The van der Waals surface area contributed by atoms with E-state index < -0.39 is 0 Å². The van der Waals surface area contributed by atoms with Gasteiger partial charge in [0.2, 0.25) is 5.89 Å². The summed E-state index contributed by atoms with van der Waals surface area (Å²) < 4.78 is 5.37. The molecule has 4 nitrogen and oxygen atoms in total. The van der Waals surface area contributed by atoms with Crippen LogP contribution in [0, 0.1) is 0 Å². The Bertz CT molecular complexity index is 577. The van der Waals surface area contributed by atoms with Crippen LogP contribution >= 0.6 is 0 Å². The fourth-order valence-electron chi connectivity index (χ4n) is 2.91. The number of aromatic nitrogens is 2. The van der Waals surface area contributed by atoms with E-state index in [1.807, 2.05) is 6.92 Å². The summed E-state index contributed by atoms with van der Waals surface area (Å²) in [6.07, 6.45) is 5.00. The van der Waals surface area contributed by atoms with Gasteiger partial charge in [0.15, 0.2) is 5.82 Å². The maximum atomic E-state index is 5.75. The first-order chi connectivity index (χ1) is 9.74. The van der Waals surface area contributed by atoms with Crippen LogP contribution in [-0.2, 0) is 12.8 Å². The number of nitrogens with zero attached hydrogens (tertiary/aromatic N) is 2. The standard InChI is InChI=1S/C16H21N3O/c1-11(17)5-4-8-15-18-16(19-20-15)14-10-9-12-6-2-3-7-13(12)14/h2-3,6-7,11,14H,4-5,8-10,17H2,1H3. The lowest BCUT2D eigenvalue weighted by Gasteiger charge is -2.05. The molecule has 3 rings (SSSR count). The number of aryl methyl sites for hydroxylation is 2. The molecule has 2 atom stereocenters. The van der Waals surface area contributed by atoms with Crippen LogP contribution in [0.15, 0.2) is 28.8 Å². The van der Waals surface area contributed by atoms with Gasteiger partial charge < -0.3 is 10.3 Å². The first-order valence-electron chi connectivity index (χ1n) is 7.40. The fourth-order valence-corrected chi connectivity index (χ4v) is 2.91. The second kappa shape index (κ2) is 5.75. The Hall–Kier alpha value is -1.68. The summed E-state index contributed by atoms with van der Waals surface area (Å²) in [5.41, 5.74) is 8.52. The predicted octanol–water partition coefficient (Wildman–Crippen LogP) is 2.82. The largest absolute Gasteiger partial charge is 0.339 e. The van der Waals surface area contributed by atoms with Gasteiger partial charge in [-0.1, -0.05) is 29.4 Å². The summed E-state index contributed by atoms with van der Waals surface area (Å²) in [5.74, 6) is 1.88. The van der Waals surface area contributed by atoms with Gasteiger partial charge in [0.1, 0.15) is 0 Å². The highest BCUT2D eigenvalue weighted by molar-refractivity contribution is 5.38. The van der Waals surface area contributed by atoms with Crippen molar-refractivity contribution in [2.24, 2.45) is 5.73 Å². The number of benzene rings is 1. The van der Waals surface area contributed by atoms with Crippen molar-refractivity contribution >= 4 is 0 Å². The number of nitrogens with two attached hydrogens (primary N) is 1. The van der Waals surface area contributed by atoms with Crippen molar-refractivity contribution in [3.05, 3.63) is 47.1 Å². The lowest BCUT2D eigenvalue weighted by Crippen LogP contribution is -2.14. The average molecular weight is 271 g/mol. The molecule has 1 aliphatic carbocycles. The maximum Gasteiger partial charge on any atom is 0.226 e. The zero-order valence-corrected chi connectivity index (χ0v) is 11.9. The van der Waals surface area contributed by atoms with Crippen molar-refractivity contribution in [3.8, 4) is 0 Å². The molecule has 4 heteroatoms. The third-order valence-corrected chi connectivity index (χ3v) is 3.98. The smallest absolute Gasteiger partial charge is 0.226 e. The molecule has 0 saturated carbocycles.